The fourth-order valence-electron chi connectivity index (χ4n) is 2.51. The predicted molar refractivity (Wildman–Crippen MR) is 81.3 cm³/mol. The van der Waals surface area contributed by atoms with Crippen molar-refractivity contribution in [2.75, 3.05) is 12.8 Å². The molecule has 1 aliphatic heterocycles. The van der Waals surface area contributed by atoms with E-state index < -0.39 is 19.9 Å². The van der Waals surface area contributed by atoms with Crippen LogP contribution in [0.1, 0.15) is 27.2 Å². The van der Waals surface area contributed by atoms with Crippen molar-refractivity contribution >= 4 is 19.9 Å². The Hall–Kier alpha value is -0.920. The molecular formula is C14H21NO4S2. The molecule has 0 spiro atoms. The molecule has 1 saturated heterocycles. The number of sulfonamides is 1. The van der Waals surface area contributed by atoms with Gasteiger partial charge in [0.2, 0.25) is 10.0 Å². The Morgan fingerprint density at radius 2 is 1.48 bits per heavy atom. The van der Waals surface area contributed by atoms with E-state index in [9.17, 15) is 16.8 Å². The van der Waals surface area contributed by atoms with Crippen molar-refractivity contribution in [1.82, 2.24) is 4.31 Å². The molecule has 0 aromatic heterocycles. The molecular weight excluding hydrogens is 310 g/mol. The van der Waals surface area contributed by atoms with Crippen LogP contribution in [0, 0.1) is 5.41 Å². The zero-order valence-electron chi connectivity index (χ0n) is 12.7. The Morgan fingerprint density at radius 3 is 1.81 bits per heavy atom. The first-order valence-electron chi connectivity index (χ1n) is 6.76. The molecule has 0 radical (unpaired) electrons. The second-order valence-electron chi connectivity index (χ2n) is 6.53. The number of benzene rings is 1. The summed E-state index contributed by atoms with van der Waals surface area (Å²) in [7, 11) is -6.88. The van der Waals surface area contributed by atoms with E-state index in [0.29, 0.717) is 6.54 Å². The molecule has 118 valence electrons. The minimum absolute atomic E-state index is 0.0166. The highest BCUT2D eigenvalue weighted by atomic mass is 32.2. The van der Waals surface area contributed by atoms with E-state index >= 15 is 0 Å². The second kappa shape index (κ2) is 5.07. The maximum absolute atomic E-state index is 12.6. The molecule has 21 heavy (non-hydrogen) atoms. The highest BCUT2D eigenvalue weighted by molar-refractivity contribution is 7.90. The first-order valence-corrected chi connectivity index (χ1v) is 10.1. The second-order valence-corrected chi connectivity index (χ2v) is 10.4. The molecule has 0 bridgehead atoms. The highest BCUT2D eigenvalue weighted by Gasteiger charge is 2.44. The number of sulfone groups is 1. The van der Waals surface area contributed by atoms with E-state index in [1.807, 2.05) is 20.8 Å². The summed E-state index contributed by atoms with van der Waals surface area (Å²) in [5, 5.41) is 0. The molecule has 7 heteroatoms. The third-order valence-corrected chi connectivity index (χ3v) is 6.88. The number of hydrogen-bond donors (Lipinski definition) is 0. The summed E-state index contributed by atoms with van der Waals surface area (Å²) in [5.74, 6) is 0. The number of hydrogen-bond acceptors (Lipinski definition) is 4. The molecule has 1 aromatic rings. The lowest BCUT2D eigenvalue weighted by Gasteiger charge is -2.47. The van der Waals surface area contributed by atoms with E-state index in [2.05, 4.69) is 0 Å². The van der Waals surface area contributed by atoms with Gasteiger partial charge in [0, 0.05) is 18.8 Å². The van der Waals surface area contributed by atoms with Crippen LogP contribution in [-0.4, -0.2) is 40.0 Å². The van der Waals surface area contributed by atoms with Crippen LogP contribution in [0.25, 0.3) is 0 Å². The molecule has 1 fully saturated rings. The predicted octanol–water partition coefficient (Wildman–Crippen LogP) is 1.90. The molecule has 0 amide bonds. The smallest absolute Gasteiger partial charge is 0.224 e. The van der Waals surface area contributed by atoms with Crippen LogP contribution in [0.4, 0.5) is 0 Å². The molecule has 0 saturated carbocycles. The van der Waals surface area contributed by atoms with Gasteiger partial charge in [0.05, 0.1) is 9.79 Å². The summed E-state index contributed by atoms with van der Waals surface area (Å²) in [6, 6.07) is 5.40. The summed E-state index contributed by atoms with van der Waals surface area (Å²) in [6.45, 7) is 6.57. The van der Waals surface area contributed by atoms with Crippen LogP contribution in [0.3, 0.4) is 0 Å². The first kappa shape index (κ1) is 16.5. The van der Waals surface area contributed by atoms with E-state index in [1.165, 1.54) is 28.6 Å². The minimum atomic E-state index is -3.56. The normalized spacial score (nSPS) is 21.0. The third kappa shape index (κ3) is 3.14. The summed E-state index contributed by atoms with van der Waals surface area (Å²) in [4.78, 5) is 0.265. The lowest BCUT2D eigenvalue weighted by Crippen LogP contribution is -2.56. The summed E-state index contributed by atoms with van der Waals surface area (Å²) in [6.07, 6.45) is 1.95. The molecule has 0 aliphatic carbocycles. The standard InChI is InChI=1S/C14H21NO4S2/c1-14(2,3)13-9-10-15(13)21(18,19)12-7-5-11(6-8-12)20(4,16)17/h5-8,13H,9-10H2,1-4H3. The zero-order chi connectivity index (χ0) is 16.1. The Kier molecular flexibility index (Phi) is 3.97. The van der Waals surface area contributed by atoms with Gasteiger partial charge in [-0.1, -0.05) is 20.8 Å². The molecule has 2 rings (SSSR count). The fourth-order valence-corrected chi connectivity index (χ4v) is 4.99. The van der Waals surface area contributed by atoms with Crippen molar-refractivity contribution in [1.29, 1.82) is 0 Å². The highest BCUT2D eigenvalue weighted by Crippen LogP contribution is 2.37. The van der Waals surface area contributed by atoms with E-state index in [0.717, 1.165) is 12.7 Å². The van der Waals surface area contributed by atoms with Crippen molar-refractivity contribution in [2.24, 2.45) is 5.41 Å². The van der Waals surface area contributed by atoms with Gasteiger partial charge in [0.1, 0.15) is 0 Å². The van der Waals surface area contributed by atoms with E-state index in [4.69, 9.17) is 0 Å². The van der Waals surface area contributed by atoms with Crippen LogP contribution in [-0.2, 0) is 19.9 Å². The Balaban J connectivity index is 2.33. The van der Waals surface area contributed by atoms with Gasteiger partial charge < -0.3 is 0 Å². The number of nitrogens with zero attached hydrogens (tertiary/aromatic N) is 1. The average Bonchev–Trinajstić information content (AvgIpc) is 2.23. The lowest BCUT2D eigenvalue weighted by atomic mass is 9.81. The van der Waals surface area contributed by atoms with Crippen LogP contribution in [0.15, 0.2) is 34.1 Å². The average molecular weight is 331 g/mol. The zero-order valence-corrected chi connectivity index (χ0v) is 14.3. The molecule has 1 heterocycles. The summed E-state index contributed by atoms with van der Waals surface area (Å²) >= 11 is 0. The van der Waals surface area contributed by atoms with Gasteiger partial charge in [0.25, 0.3) is 0 Å². The maximum Gasteiger partial charge on any atom is 0.243 e. The van der Waals surface area contributed by atoms with Crippen molar-refractivity contribution in [3.63, 3.8) is 0 Å². The van der Waals surface area contributed by atoms with Crippen molar-refractivity contribution in [3.05, 3.63) is 24.3 Å². The number of rotatable bonds is 3. The Bertz CT molecular complexity index is 728. The molecule has 1 aromatic carbocycles. The van der Waals surface area contributed by atoms with Crippen LogP contribution in [0.5, 0.6) is 0 Å². The van der Waals surface area contributed by atoms with E-state index in [-0.39, 0.29) is 21.2 Å². The van der Waals surface area contributed by atoms with Crippen molar-refractivity contribution < 1.29 is 16.8 Å². The largest absolute Gasteiger partial charge is 0.243 e. The Morgan fingerprint density at radius 1 is 1.00 bits per heavy atom. The maximum atomic E-state index is 12.6. The van der Waals surface area contributed by atoms with Crippen molar-refractivity contribution in [2.45, 2.75) is 43.0 Å². The Labute approximate surface area is 126 Å². The molecule has 1 unspecified atom stereocenters. The molecule has 0 N–H and O–H groups in total. The van der Waals surface area contributed by atoms with Crippen LogP contribution < -0.4 is 0 Å². The van der Waals surface area contributed by atoms with E-state index in [1.54, 1.807) is 0 Å². The van der Waals surface area contributed by atoms with Crippen molar-refractivity contribution in [3.8, 4) is 0 Å². The monoisotopic (exact) mass is 331 g/mol. The van der Waals surface area contributed by atoms with Gasteiger partial charge >= 0.3 is 0 Å². The van der Waals surface area contributed by atoms with Gasteiger partial charge in [0.15, 0.2) is 9.84 Å². The fraction of sp³-hybridized carbons (Fsp3) is 0.571. The summed E-state index contributed by atoms with van der Waals surface area (Å²) in [5.41, 5.74) is -0.113. The van der Waals surface area contributed by atoms with Crippen LogP contribution in [0.2, 0.25) is 0 Å². The lowest BCUT2D eigenvalue weighted by molar-refractivity contribution is 0.0881. The first-order chi connectivity index (χ1) is 9.44. The van der Waals surface area contributed by atoms with Gasteiger partial charge in [-0.25, -0.2) is 16.8 Å². The summed E-state index contributed by atoms with van der Waals surface area (Å²) < 4.78 is 49.6. The minimum Gasteiger partial charge on any atom is -0.224 e. The van der Waals surface area contributed by atoms with Crippen LogP contribution >= 0.6 is 0 Å². The molecule has 1 aliphatic rings. The van der Waals surface area contributed by atoms with Gasteiger partial charge in [-0.2, -0.15) is 4.31 Å². The molecule has 1 atom stereocenters. The topological polar surface area (TPSA) is 71.5 Å². The third-order valence-electron chi connectivity index (χ3n) is 3.83. The molecule has 5 nitrogen and oxygen atoms in total. The quantitative estimate of drug-likeness (QED) is 0.848. The van der Waals surface area contributed by atoms with Gasteiger partial charge in [-0.3, -0.25) is 0 Å². The SMILES string of the molecule is CC(C)(C)C1CCN1S(=O)(=O)c1ccc(S(C)(=O)=O)cc1. The van der Waals surface area contributed by atoms with Gasteiger partial charge in [-0.15, -0.1) is 0 Å². The van der Waals surface area contributed by atoms with Gasteiger partial charge in [-0.05, 0) is 36.1 Å².